The van der Waals surface area contributed by atoms with E-state index >= 15 is 0 Å². The van der Waals surface area contributed by atoms with Crippen molar-refractivity contribution in [3.05, 3.63) is 33.5 Å². The molecule has 0 radical (unpaired) electrons. The molecule has 2 aromatic rings. The number of aromatic amines is 1. The van der Waals surface area contributed by atoms with E-state index in [9.17, 15) is 4.39 Å². The minimum atomic E-state index is -0.461. The van der Waals surface area contributed by atoms with Crippen LogP contribution in [0.15, 0.2) is 28.7 Å². The second kappa shape index (κ2) is 4.88. The van der Waals surface area contributed by atoms with Crippen LogP contribution in [0, 0.1) is 4.77 Å². The highest BCUT2D eigenvalue weighted by Crippen LogP contribution is 2.20. The number of rotatable bonds is 3. The lowest BCUT2D eigenvalue weighted by atomic mass is 10.2. The van der Waals surface area contributed by atoms with Crippen molar-refractivity contribution in [3.8, 4) is 11.4 Å². The molecule has 0 amide bonds. The van der Waals surface area contributed by atoms with Crippen LogP contribution in [0.3, 0.4) is 0 Å². The van der Waals surface area contributed by atoms with Gasteiger partial charge in [0.2, 0.25) is 0 Å². The molecule has 0 saturated carbocycles. The van der Waals surface area contributed by atoms with E-state index in [1.165, 1.54) is 0 Å². The average molecular weight is 302 g/mol. The third-order valence-electron chi connectivity index (χ3n) is 2.17. The smallest absolute Gasteiger partial charge is 0.195 e. The van der Waals surface area contributed by atoms with Crippen LogP contribution in [-0.2, 0) is 6.54 Å². The van der Waals surface area contributed by atoms with E-state index in [-0.39, 0.29) is 6.54 Å². The Balaban J connectivity index is 2.47. The summed E-state index contributed by atoms with van der Waals surface area (Å²) in [5.74, 6) is 0.662. The van der Waals surface area contributed by atoms with Crippen LogP contribution < -0.4 is 0 Å². The molecule has 0 saturated heterocycles. The van der Waals surface area contributed by atoms with Crippen LogP contribution in [0.1, 0.15) is 0 Å². The Labute approximate surface area is 105 Å². The van der Waals surface area contributed by atoms with E-state index in [0.29, 0.717) is 10.6 Å². The van der Waals surface area contributed by atoms with Gasteiger partial charge in [0.05, 0.1) is 6.54 Å². The first kappa shape index (κ1) is 11.5. The van der Waals surface area contributed by atoms with Crippen molar-refractivity contribution in [1.29, 1.82) is 0 Å². The van der Waals surface area contributed by atoms with E-state index in [2.05, 4.69) is 26.1 Å². The van der Waals surface area contributed by atoms with Crippen LogP contribution in [0.2, 0.25) is 0 Å². The molecule has 0 aliphatic heterocycles. The number of benzene rings is 1. The lowest BCUT2D eigenvalue weighted by molar-refractivity contribution is 0.445. The first-order valence-corrected chi connectivity index (χ1v) is 5.89. The van der Waals surface area contributed by atoms with Crippen LogP contribution >= 0.6 is 28.1 Å². The Morgan fingerprint density at radius 2 is 2.06 bits per heavy atom. The Morgan fingerprint density at radius 3 is 2.69 bits per heavy atom. The third-order valence-corrected chi connectivity index (χ3v) is 3.01. The predicted molar refractivity (Wildman–Crippen MR) is 66.5 cm³/mol. The average Bonchev–Trinajstić information content (AvgIpc) is 2.63. The highest BCUT2D eigenvalue weighted by atomic mass is 79.9. The maximum Gasteiger partial charge on any atom is 0.195 e. The highest BCUT2D eigenvalue weighted by Gasteiger charge is 2.07. The van der Waals surface area contributed by atoms with Gasteiger partial charge in [-0.2, -0.15) is 5.10 Å². The zero-order valence-electron chi connectivity index (χ0n) is 8.28. The summed E-state index contributed by atoms with van der Waals surface area (Å²) in [6.45, 7) is -0.238. The highest BCUT2D eigenvalue weighted by molar-refractivity contribution is 9.10. The summed E-state index contributed by atoms with van der Waals surface area (Å²) in [5, 5.41) is 6.77. The molecule has 1 aromatic carbocycles. The van der Waals surface area contributed by atoms with Crippen LogP contribution in [0.25, 0.3) is 11.4 Å². The van der Waals surface area contributed by atoms with Gasteiger partial charge < -0.3 is 0 Å². The molecule has 2 rings (SSSR count). The van der Waals surface area contributed by atoms with Crippen molar-refractivity contribution < 1.29 is 4.39 Å². The van der Waals surface area contributed by atoms with Crippen LogP contribution in [-0.4, -0.2) is 21.4 Å². The van der Waals surface area contributed by atoms with Crippen molar-refractivity contribution in [2.24, 2.45) is 0 Å². The summed E-state index contributed by atoms with van der Waals surface area (Å²) in [6, 6.07) is 7.63. The molecule has 84 valence electrons. The van der Waals surface area contributed by atoms with Crippen molar-refractivity contribution in [2.45, 2.75) is 6.54 Å². The second-order valence-electron chi connectivity index (χ2n) is 3.20. The van der Waals surface area contributed by atoms with Gasteiger partial charge in [-0.05, 0) is 24.4 Å². The molecule has 1 heterocycles. The van der Waals surface area contributed by atoms with Gasteiger partial charge in [-0.15, -0.1) is 0 Å². The van der Waals surface area contributed by atoms with Crippen molar-refractivity contribution in [1.82, 2.24) is 14.8 Å². The number of halogens is 2. The van der Waals surface area contributed by atoms with Gasteiger partial charge in [0.15, 0.2) is 10.6 Å². The van der Waals surface area contributed by atoms with Gasteiger partial charge in [-0.1, -0.05) is 28.1 Å². The number of nitrogens with zero attached hydrogens (tertiary/aromatic N) is 2. The maximum absolute atomic E-state index is 12.4. The van der Waals surface area contributed by atoms with Gasteiger partial charge in [-0.3, -0.25) is 9.67 Å². The van der Waals surface area contributed by atoms with Crippen molar-refractivity contribution in [2.75, 3.05) is 6.67 Å². The van der Waals surface area contributed by atoms with E-state index in [4.69, 9.17) is 12.2 Å². The SMILES string of the molecule is FCCn1c(-c2ccc(Br)cc2)n[nH]c1=S. The lowest BCUT2D eigenvalue weighted by Gasteiger charge is -2.03. The summed E-state index contributed by atoms with van der Waals surface area (Å²) in [6.07, 6.45) is 0. The largest absolute Gasteiger partial charge is 0.298 e. The zero-order valence-corrected chi connectivity index (χ0v) is 10.7. The molecular weight excluding hydrogens is 293 g/mol. The molecule has 3 nitrogen and oxygen atoms in total. The Morgan fingerprint density at radius 1 is 1.38 bits per heavy atom. The monoisotopic (exact) mass is 301 g/mol. The fraction of sp³-hybridized carbons (Fsp3) is 0.200. The van der Waals surface area contributed by atoms with Gasteiger partial charge in [-0.25, -0.2) is 4.39 Å². The number of H-pyrrole nitrogens is 1. The fourth-order valence-corrected chi connectivity index (χ4v) is 1.92. The molecule has 0 atom stereocenters. The third kappa shape index (κ3) is 2.22. The number of hydrogen-bond donors (Lipinski definition) is 1. The Bertz CT molecular complexity index is 532. The van der Waals surface area contributed by atoms with Gasteiger partial charge in [0.25, 0.3) is 0 Å². The molecule has 1 aromatic heterocycles. The first-order chi connectivity index (χ1) is 7.72. The molecule has 0 unspecified atom stereocenters. The quantitative estimate of drug-likeness (QED) is 0.882. The lowest BCUT2D eigenvalue weighted by Crippen LogP contribution is -2.02. The number of hydrogen-bond acceptors (Lipinski definition) is 2. The molecule has 16 heavy (non-hydrogen) atoms. The number of alkyl halides is 1. The van der Waals surface area contributed by atoms with Gasteiger partial charge >= 0.3 is 0 Å². The van der Waals surface area contributed by atoms with Crippen LogP contribution in [0.5, 0.6) is 0 Å². The second-order valence-corrected chi connectivity index (χ2v) is 4.50. The Kier molecular flexibility index (Phi) is 3.50. The normalized spacial score (nSPS) is 10.6. The fourth-order valence-electron chi connectivity index (χ4n) is 1.43. The molecule has 0 aliphatic carbocycles. The van der Waals surface area contributed by atoms with Gasteiger partial charge in [0.1, 0.15) is 6.67 Å². The standard InChI is InChI=1S/C10H9BrFN3S/c11-8-3-1-7(2-4-8)9-13-14-10(16)15(9)6-5-12/h1-4H,5-6H2,(H,14,16). The predicted octanol–water partition coefficient (Wildman–Crippen LogP) is 3.34. The van der Waals surface area contributed by atoms with E-state index in [0.717, 1.165) is 10.0 Å². The van der Waals surface area contributed by atoms with Crippen LogP contribution in [0.4, 0.5) is 4.39 Å². The molecular formula is C10H9BrFN3S. The van der Waals surface area contributed by atoms with E-state index in [1.807, 2.05) is 24.3 Å². The number of nitrogens with one attached hydrogen (secondary N) is 1. The van der Waals surface area contributed by atoms with E-state index < -0.39 is 6.67 Å². The molecule has 0 bridgehead atoms. The number of aromatic nitrogens is 3. The summed E-state index contributed by atoms with van der Waals surface area (Å²) < 4.78 is 15.5. The first-order valence-electron chi connectivity index (χ1n) is 4.69. The van der Waals surface area contributed by atoms with Crippen molar-refractivity contribution >= 4 is 28.1 Å². The maximum atomic E-state index is 12.4. The summed E-state index contributed by atoms with van der Waals surface area (Å²) in [4.78, 5) is 0. The molecule has 0 fully saturated rings. The topological polar surface area (TPSA) is 33.6 Å². The Hall–Kier alpha value is -1.01. The van der Waals surface area contributed by atoms with Crippen molar-refractivity contribution in [3.63, 3.8) is 0 Å². The minimum absolute atomic E-state index is 0.223. The summed E-state index contributed by atoms with van der Waals surface area (Å²) >= 11 is 8.39. The summed E-state index contributed by atoms with van der Waals surface area (Å²) in [5.41, 5.74) is 0.906. The molecule has 1 N–H and O–H groups in total. The molecule has 6 heteroatoms. The van der Waals surface area contributed by atoms with E-state index in [1.54, 1.807) is 4.57 Å². The zero-order chi connectivity index (χ0) is 11.5. The molecule has 0 spiro atoms. The minimum Gasteiger partial charge on any atom is -0.298 e. The molecule has 0 aliphatic rings. The van der Waals surface area contributed by atoms with Gasteiger partial charge in [0, 0.05) is 10.0 Å². The summed E-state index contributed by atoms with van der Waals surface area (Å²) in [7, 11) is 0.